The molecule has 0 unspecified atom stereocenters. The van der Waals surface area contributed by atoms with Crippen LogP contribution in [0.2, 0.25) is 0 Å². The summed E-state index contributed by atoms with van der Waals surface area (Å²) in [5.74, 6) is 0. The summed E-state index contributed by atoms with van der Waals surface area (Å²) in [6.07, 6.45) is 1.88. The van der Waals surface area contributed by atoms with E-state index in [0.717, 1.165) is 24.7 Å². The Balaban J connectivity index is 2.06. The predicted octanol–water partition coefficient (Wildman–Crippen LogP) is 1.58. The Morgan fingerprint density at radius 1 is 1.62 bits per heavy atom. The third-order valence-corrected chi connectivity index (χ3v) is 2.47. The van der Waals surface area contributed by atoms with Crippen molar-refractivity contribution < 1.29 is 4.74 Å². The molecule has 4 heteroatoms. The summed E-state index contributed by atoms with van der Waals surface area (Å²) in [5.41, 5.74) is 0. The Labute approximate surface area is 83.1 Å². The third kappa shape index (κ3) is 4.36. The molecule has 0 fully saturated rings. The van der Waals surface area contributed by atoms with E-state index in [4.69, 9.17) is 4.74 Å². The minimum absolute atomic E-state index is 0.691. The van der Waals surface area contributed by atoms with E-state index in [9.17, 15) is 0 Å². The number of ether oxygens (including phenoxy) is 1. The first-order valence-corrected chi connectivity index (χ1v) is 5.34. The monoisotopic (exact) mass is 200 g/mol. The molecule has 0 saturated carbocycles. The first-order chi connectivity index (χ1) is 6.33. The van der Waals surface area contributed by atoms with E-state index in [1.54, 1.807) is 11.3 Å². The van der Waals surface area contributed by atoms with Crippen molar-refractivity contribution >= 4 is 11.3 Å². The molecule has 0 spiro atoms. The van der Waals surface area contributed by atoms with Gasteiger partial charge in [-0.1, -0.05) is 6.92 Å². The fraction of sp³-hybridized carbons (Fsp3) is 0.667. The van der Waals surface area contributed by atoms with Crippen molar-refractivity contribution in [2.45, 2.75) is 20.5 Å². The summed E-state index contributed by atoms with van der Waals surface area (Å²) in [6, 6.07) is 0. The number of thiazole rings is 1. The largest absolute Gasteiger partial charge is 0.375 e. The quantitative estimate of drug-likeness (QED) is 0.708. The maximum atomic E-state index is 5.44. The van der Waals surface area contributed by atoms with Crippen LogP contribution in [0.25, 0.3) is 0 Å². The van der Waals surface area contributed by atoms with Crippen molar-refractivity contribution in [1.82, 2.24) is 10.3 Å². The van der Waals surface area contributed by atoms with Gasteiger partial charge >= 0.3 is 0 Å². The van der Waals surface area contributed by atoms with Crippen LogP contribution in [0.15, 0.2) is 6.20 Å². The topological polar surface area (TPSA) is 34.1 Å². The summed E-state index contributed by atoms with van der Waals surface area (Å²) >= 11 is 1.70. The minimum Gasteiger partial charge on any atom is -0.375 e. The molecule has 0 bridgehead atoms. The van der Waals surface area contributed by atoms with Gasteiger partial charge in [-0.3, -0.25) is 0 Å². The van der Waals surface area contributed by atoms with E-state index in [2.05, 4.69) is 17.2 Å². The highest BCUT2D eigenvalue weighted by molar-refractivity contribution is 7.11. The molecule has 1 aromatic rings. The van der Waals surface area contributed by atoms with E-state index in [0.29, 0.717) is 6.61 Å². The van der Waals surface area contributed by atoms with Crippen LogP contribution < -0.4 is 5.32 Å². The zero-order valence-electron chi connectivity index (χ0n) is 8.17. The lowest BCUT2D eigenvalue weighted by Crippen LogP contribution is -2.18. The van der Waals surface area contributed by atoms with Crippen LogP contribution in [0, 0.1) is 6.92 Å². The van der Waals surface area contributed by atoms with Crippen molar-refractivity contribution in [3.05, 3.63) is 16.1 Å². The van der Waals surface area contributed by atoms with Crippen LogP contribution in [0.3, 0.4) is 0 Å². The zero-order chi connectivity index (χ0) is 9.52. The van der Waals surface area contributed by atoms with E-state index >= 15 is 0 Å². The average molecular weight is 200 g/mol. The van der Waals surface area contributed by atoms with Gasteiger partial charge in [0.05, 0.1) is 23.1 Å². The van der Waals surface area contributed by atoms with Crippen LogP contribution >= 0.6 is 11.3 Å². The number of rotatable bonds is 6. The molecule has 13 heavy (non-hydrogen) atoms. The Morgan fingerprint density at radius 3 is 3.08 bits per heavy atom. The molecule has 3 nitrogen and oxygen atoms in total. The highest BCUT2D eigenvalue weighted by Crippen LogP contribution is 2.11. The molecule has 0 aliphatic carbocycles. The van der Waals surface area contributed by atoms with Gasteiger partial charge in [-0.05, 0) is 13.5 Å². The van der Waals surface area contributed by atoms with Crippen molar-refractivity contribution in [2.75, 3.05) is 19.7 Å². The third-order valence-electron chi connectivity index (χ3n) is 1.59. The van der Waals surface area contributed by atoms with Crippen LogP contribution in [0.4, 0.5) is 0 Å². The Kier molecular flexibility index (Phi) is 4.97. The van der Waals surface area contributed by atoms with Crippen LogP contribution in [-0.4, -0.2) is 24.7 Å². The molecule has 0 radical (unpaired) electrons. The molecule has 1 rings (SSSR count). The van der Waals surface area contributed by atoms with Crippen LogP contribution in [0.1, 0.15) is 16.8 Å². The second-order valence-corrected chi connectivity index (χ2v) is 4.07. The highest BCUT2D eigenvalue weighted by Gasteiger charge is 1.96. The highest BCUT2D eigenvalue weighted by atomic mass is 32.1. The summed E-state index contributed by atoms with van der Waals surface area (Å²) in [4.78, 5) is 5.36. The van der Waals surface area contributed by atoms with Gasteiger partial charge < -0.3 is 10.1 Å². The number of hydrogen-bond acceptors (Lipinski definition) is 4. The predicted molar refractivity (Wildman–Crippen MR) is 55.1 cm³/mol. The van der Waals surface area contributed by atoms with E-state index in [1.807, 2.05) is 13.1 Å². The molecular weight excluding hydrogens is 184 g/mol. The molecule has 0 saturated heterocycles. The number of likely N-dealkylation sites (N-methyl/N-ethyl adjacent to an activating group) is 1. The lowest BCUT2D eigenvalue weighted by Gasteiger charge is -2.01. The minimum atomic E-state index is 0.691. The molecule has 0 aliphatic heterocycles. The summed E-state index contributed by atoms with van der Waals surface area (Å²) in [6.45, 7) is 7.48. The van der Waals surface area contributed by atoms with Gasteiger partial charge in [0, 0.05) is 12.7 Å². The van der Waals surface area contributed by atoms with Gasteiger partial charge in [-0.25, -0.2) is 4.98 Å². The molecule has 0 aromatic carbocycles. The number of hydrogen-bond donors (Lipinski definition) is 1. The number of aromatic nitrogens is 1. The SMILES string of the molecule is CCNCCOCc1cnc(C)s1. The fourth-order valence-corrected chi connectivity index (χ4v) is 1.70. The molecule has 74 valence electrons. The maximum absolute atomic E-state index is 5.44. The first-order valence-electron chi connectivity index (χ1n) is 4.52. The molecule has 0 atom stereocenters. The van der Waals surface area contributed by atoms with Gasteiger partial charge in [0.25, 0.3) is 0 Å². The molecule has 0 aliphatic rings. The van der Waals surface area contributed by atoms with Gasteiger partial charge in [0.1, 0.15) is 0 Å². The zero-order valence-corrected chi connectivity index (χ0v) is 8.99. The molecule has 1 N–H and O–H groups in total. The van der Waals surface area contributed by atoms with Gasteiger partial charge in [0.15, 0.2) is 0 Å². The van der Waals surface area contributed by atoms with E-state index in [1.165, 1.54) is 4.88 Å². The lowest BCUT2D eigenvalue weighted by atomic mass is 10.6. The Hall–Kier alpha value is -0.450. The van der Waals surface area contributed by atoms with Crippen molar-refractivity contribution in [1.29, 1.82) is 0 Å². The second-order valence-electron chi connectivity index (χ2n) is 2.75. The Morgan fingerprint density at radius 2 is 2.46 bits per heavy atom. The standard InChI is InChI=1S/C9H16N2OS/c1-3-10-4-5-12-7-9-6-11-8(2)13-9/h6,10H,3-5,7H2,1-2H3. The maximum Gasteiger partial charge on any atom is 0.0897 e. The van der Waals surface area contributed by atoms with Crippen molar-refractivity contribution in [2.24, 2.45) is 0 Å². The molecule has 1 aromatic heterocycles. The average Bonchev–Trinajstić information content (AvgIpc) is 2.51. The van der Waals surface area contributed by atoms with Gasteiger partial charge in [-0.15, -0.1) is 11.3 Å². The summed E-state index contributed by atoms with van der Waals surface area (Å²) in [5, 5.41) is 4.30. The second kappa shape index (κ2) is 6.07. The lowest BCUT2D eigenvalue weighted by molar-refractivity contribution is 0.125. The summed E-state index contributed by atoms with van der Waals surface area (Å²) in [7, 11) is 0. The smallest absolute Gasteiger partial charge is 0.0897 e. The van der Waals surface area contributed by atoms with E-state index < -0.39 is 0 Å². The fourth-order valence-electron chi connectivity index (χ4n) is 0.966. The van der Waals surface area contributed by atoms with Crippen LogP contribution in [-0.2, 0) is 11.3 Å². The van der Waals surface area contributed by atoms with Crippen molar-refractivity contribution in [3.63, 3.8) is 0 Å². The van der Waals surface area contributed by atoms with Gasteiger partial charge in [0.2, 0.25) is 0 Å². The van der Waals surface area contributed by atoms with Crippen LogP contribution in [0.5, 0.6) is 0 Å². The van der Waals surface area contributed by atoms with Crippen molar-refractivity contribution in [3.8, 4) is 0 Å². The Bertz CT molecular complexity index is 237. The first kappa shape index (κ1) is 10.6. The van der Waals surface area contributed by atoms with Gasteiger partial charge in [-0.2, -0.15) is 0 Å². The molecular formula is C9H16N2OS. The molecule has 1 heterocycles. The number of nitrogens with zero attached hydrogens (tertiary/aromatic N) is 1. The summed E-state index contributed by atoms with van der Waals surface area (Å²) < 4.78 is 5.44. The normalized spacial score (nSPS) is 10.6. The number of nitrogens with one attached hydrogen (secondary N) is 1. The molecule has 0 amide bonds. The van der Waals surface area contributed by atoms with E-state index in [-0.39, 0.29) is 0 Å². The number of aryl methyl sites for hydroxylation is 1.